The van der Waals surface area contributed by atoms with Crippen LogP contribution in [0, 0.1) is 5.82 Å². The number of carbonyl (C=O) groups excluding carboxylic acids is 1. The van der Waals surface area contributed by atoms with Crippen LogP contribution in [0.15, 0.2) is 18.2 Å². The Kier molecular flexibility index (Phi) is 4.77. The Morgan fingerprint density at radius 3 is 2.95 bits per heavy atom. The predicted molar refractivity (Wildman–Crippen MR) is 73.5 cm³/mol. The maximum absolute atomic E-state index is 12.9. The third-order valence-corrected chi connectivity index (χ3v) is 3.67. The summed E-state index contributed by atoms with van der Waals surface area (Å²) in [5, 5.41) is 3.73. The molecule has 5 heteroatoms. The largest absolute Gasteiger partial charge is 0.341 e. The van der Waals surface area contributed by atoms with Gasteiger partial charge >= 0.3 is 0 Å². The van der Waals surface area contributed by atoms with Gasteiger partial charge in [-0.3, -0.25) is 4.79 Å². The van der Waals surface area contributed by atoms with Crippen LogP contribution in [0.3, 0.4) is 0 Å². The molecule has 3 nitrogen and oxygen atoms in total. The Labute approximate surface area is 117 Å². The molecule has 0 bridgehead atoms. The van der Waals surface area contributed by atoms with Crippen LogP contribution in [0.2, 0.25) is 5.02 Å². The van der Waals surface area contributed by atoms with Crippen molar-refractivity contribution in [2.45, 2.75) is 32.4 Å². The van der Waals surface area contributed by atoms with Crippen molar-refractivity contribution < 1.29 is 9.18 Å². The van der Waals surface area contributed by atoms with Gasteiger partial charge < -0.3 is 10.2 Å². The van der Waals surface area contributed by atoms with Crippen molar-refractivity contribution in [3.8, 4) is 0 Å². The van der Waals surface area contributed by atoms with Crippen LogP contribution >= 0.6 is 11.6 Å². The minimum Gasteiger partial charge on any atom is -0.341 e. The average Bonchev–Trinajstić information content (AvgIpc) is 2.74. The van der Waals surface area contributed by atoms with E-state index in [2.05, 4.69) is 5.32 Å². The summed E-state index contributed by atoms with van der Waals surface area (Å²) in [5.41, 5.74) is 0.864. The van der Waals surface area contributed by atoms with Gasteiger partial charge in [0.25, 0.3) is 0 Å². The van der Waals surface area contributed by atoms with Crippen molar-refractivity contribution in [1.82, 2.24) is 10.2 Å². The van der Waals surface area contributed by atoms with Crippen molar-refractivity contribution in [2.24, 2.45) is 0 Å². The molecule has 1 N–H and O–H groups in total. The first-order valence-electron chi connectivity index (χ1n) is 6.51. The van der Waals surface area contributed by atoms with E-state index >= 15 is 0 Å². The zero-order chi connectivity index (χ0) is 13.8. The summed E-state index contributed by atoms with van der Waals surface area (Å²) in [7, 11) is 0. The Morgan fingerprint density at radius 1 is 1.53 bits per heavy atom. The van der Waals surface area contributed by atoms with E-state index in [1.165, 1.54) is 12.1 Å². The molecule has 104 valence electrons. The molecule has 1 atom stereocenters. The minimum atomic E-state index is -0.329. The van der Waals surface area contributed by atoms with Crippen LogP contribution < -0.4 is 5.32 Å². The second-order valence-corrected chi connectivity index (χ2v) is 5.37. The van der Waals surface area contributed by atoms with Crippen molar-refractivity contribution in [2.75, 3.05) is 13.1 Å². The Balaban J connectivity index is 1.82. The molecule has 1 amide bonds. The third-order valence-electron chi connectivity index (χ3n) is 3.32. The Morgan fingerprint density at radius 2 is 2.32 bits per heavy atom. The third kappa shape index (κ3) is 3.91. The van der Waals surface area contributed by atoms with Gasteiger partial charge in [-0.1, -0.05) is 17.7 Å². The molecule has 1 saturated heterocycles. The lowest BCUT2D eigenvalue weighted by atomic mass is 10.2. The molecule has 2 rings (SSSR count). The lowest BCUT2D eigenvalue weighted by Gasteiger charge is -2.22. The van der Waals surface area contributed by atoms with Crippen molar-refractivity contribution in [3.63, 3.8) is 0 Å². The van der Waals surface area contributed by atoms with Gasteiger partial charge in [-0.25, -0.2) is 4.39 Å². The van der Waals surface area contributed by atoms with Gasteiger partial charge in [0.05, 0.1) is 0 Å². The fraction of sp³-hybridized carbons (Fsp3) is 0.500. The number of halogens is 2. The van der Waals surface area contributed by atoms with Crippen molar-refractivity contribution >= 4 is 17.5 Å². The number of hydrogen-bond acceptors (Lipinski definition) is 2. The lowest BCUT2D eigenvalue weighted by Crippen LogP contribution is -2.39. The van der Waals surface area contributed by atoms with Crippen LogP contribution in [0.1, 0.15) is 25.3 Å². The van der Waals surface area contributed by atoms with E-state index in [0.29, 0.717) is 24.5 Å². The molecular weight excluding hydrogens is 267 g/mol. The highest BCUT2D eigenvalue weighted by Gasteiger charge is 2.21. The van der Waals surface area contributed by atoms with Crippen LogP contribution in [-0.4, -0.2) is 29.9 Å². The molecule has 1 heterocycles. The quantitative estimate of drug-likeness (QED) is 0.901. The summed E-state index contributed by atoms with van der Waals surface area (Å²) in [4.78, 5) is 13.4. The SMILES string of the molecule is CC(CN1CCCC1=O)NCc1ccc(F)cc1Cl. The fourth-order valence-corrected chi connectivity index (χ4v) is 2.48. The molecule has 0 saturated carbocycles. The van der Waals surface area contributed by atoms with E-state index in [0.717, 1.165) is 18.5 Å². The highest BCUT2D eigenvalue weighted by Crippen LogP contribution is 2.17. The molecule has 0 aliphatic carbocycles. The van der Waals surface area contributed by atoms with Gasteiger partial charge in [-0.05, 0) is 31.0 Å². The van der Waals surface area contributed by atoms with Crippen molar-refractivity contribution in [1.29, 1.82) is 0 Å². The molecule has 1 aliphatic rings. The van der Waals surface area contributed by atoms with Crippen LogP contribution in [0.25, 0.3) is 0 Å². The molecule has 0 aromatic heterocycles. The van der Waals surface area contributed by atoms with Crippen LogP contribution in [-0.2, 0) is 11.3 Å². The van der Waals surface area contributed by atoms with Crippen LogP contribution in [0.5, 0.6) is 0 Å². The summed E-state index contributed by atoms with van der Waals surface area (Å²) >= 11 is 5.96. The number of likely N-dealkylation sites (tertiary alicyclic amines) is 1. The first kappa shape index (κ1) is 14.3. The number of hydrogen-bond donors (Lipinski definition) is 1. The van der Waals surface area contributed by atoms with Crippen LogP contribution in [0.4, 0.5) is 4.39 Å². The molecule has 1 aromatic rings. The topological polar surface area (TPSA) is 32.3 Å². The molecule has 0 spiro atoms. The molecule has 1 unspecified atom stereocenters. The smallest absolute Gasteiger partial charge is 0.222 e. The van der Waals surface area contributed by atoms with Gasteiger partial charge in [-0.2, -0.15) is 0 Å². The summed E-state index contributed by atoms with van der Waals surface area (Å²) in [6.45, 7) is 4.16. The number of nitrogens with zero attached hydrogens (tertiary/aromatic N) is 1. The first-order chi connectivity index (χ1) is 9.06. The summed E-state index contributed by atoms with van der Waals surface area (Å²) in [5.74, 6) is -0.0991. The van der Waals surface area contributed by atoms with E-state index in [1.807, 2.05) is 11.8 Å². The first-order valence-corrected chi connectivity index (χ1v) is 6.89. The van der Waals surface area contributed by atoms with E-state index in [1.54, 1.807) is 6.07 Å². The molecule has 1 aliphatic heterocycles. The molecule has 1 aromatic carbocycles. The highest BCUT2D eigenvalue weighted by molar-refractivity contribution is 6.31. The van der Waals surface area contributed by atoms with E-state index < -0.39 is 0 Å². The number of nitrogens with one attached hydrogen (secondary N) is 1. The van der Waals surface area contributed by atoms with E-state index in [4.69, 9.17) is 11.6 Å². The average molecular weight is 285 g/mol. The predicted octanol–water partition coefficient (Wildman–Crippen LogP) is 2.58. The van der Waals surface area contributed by atoms with Gasteiger partial charge in [0, 0.05) is 37.1 Å². The Bertz CT molecular complexity index is 467. The maximum atomic E-state index is 12.9. The normalized spacial score (nSPS) is 17.0. The van der Waals surface area contributed by atoms with Gasteiger partial charge in [0.1, 0.15) is 5.82 Å². The zero-order valence-electron chi connectivity index (χ0n) is 11.0. The molecular formula is C14H18ClFN2O. The standard InChI is InChI=1S/C14H18ClFN2O/c1-10(9-18-6-2-3-14(18)19)17-8-11-4-5-12(16)7-13(11)15/h4-5,7,10,17H,2-3,6,8-9H2,1H3. The Hall–Kier alpha value is -1.13. The van der Waals surface area contributed by atoms with Crippen molar-refractivity contribution in [3.05, 3.63) is 34.6 Å². The number of rotatable bonds is 5. The summed E-state index contributed by atoms with van der Waals surface area (Å²) in [6.07, 6.45) is 1.62. The second-order valence-electron chi connectivity index (χ2n) is 4.96. The fourth-order valence-electron chi connectivity index (χ4n) is 2.24. The molecule has 0 radical (unpaired) electrons. The van der Waals surface area contributed by atoms with Gasteiger partial charge in [-0.15, -0.1) is 0 Å². The minimum absolute atomic E-state index is 0.183. The van der Waals surface area contributed by atoms with Gasteiger partial charge in [0.15, 0.2) is 0 Å². The van der Waals surface area contributed by atoms with E-state index in [9.17, 15) is 9.18 Å². The maximum Gasteiger partial charge on any atom is 0.222 e. The number of carbonyl (C=O) groups is 1. The zero-order valence-corrected chi connectivity index (χ0v) is 11.7. The summed E-state index contributed by atoms with van der Waals surface area (Å²) in [6, 6.07) is 4.58. The lowest BCUT2D eigenvalue weighted by molar-refractivity contribution is -0.127. The molecule has 19 heavy (non-hydrogen) atoms. The van der Waals surface area contributed by atoms with E-state index in [-0.39, 0.29) is 17.8 Å². The second kappa shape index (κ2) is 6.35. The molecule has 1 fully saturated rings. The highest BCUT2D eigenvalue weighted by atomic mass is 35.5. The summed E-state index contributed by atoms with van der Waals surface area (Å²) < 4.78 is 12.9. The number of amides is 1. The van der Waals surface area contributed by atoms with Gasteiger partial charge in [0.2, 0.25) is 5.91 Å². The number of benzene rings is 1. The monoisotopic (exact) mass is 284 g/mol.